The molecule has 1 aromatic carbocycles. The first-order valence-electron chi connectivity index (χ1n) is 11.9. The van der Waals surface area contributed by atoms with Gasteiger partial charge >= 0.3 is 0 Å². The summed E-state index contributed by atoms with van der Waals surface area (Å²) in [4.78, 5) is 7.25. The molecule has 1 saturated heterocycles. The van der Waals surface area contributed by atoms with Crippen molar-refractivity contribution in [3.8, 4) is 0 Å². The van der Waals surface area contributed by atoms with Crippen molar-refractivity contribution in [3.05, 3.63) is 58.4 Å². The van der Waals surface area contributed by atoms with Gasteiger partial charge in [-0.2, -0.15) is 15.2 Å². The van der Waals surface area contributed by atoms with Gasteiger partial charge in [-0.3, -0.25) is 0 Å². The van der Waals surface area contributed by atoms with E-state index in [1.165, 1.54) is 25.0 Å². The van der Waals surface area contributed by atoms with Crippen LogP contribution in [-0.4, -0.2) is 50.7 Å². The number of nitrogens with one attached hydrogen (secondary N) is 1. The molecule has 2 bridgehead atoms. The summed E-state index contributed by atoms with van der Waals surface area (Å²) in [6.45, 7) is 5.19. The highest BCUT2D eigenvalue weighted by Crippen LogP contribution is 2.40. The second kappa shape index (κ2) is 8.78. The van der Waals surface area contributed by atoms with Gasteiger partial charge in [0.2, 0.25) is 5.95 Å². The number of anilines is 2. The van der Waals surface area contributed by atoms with E-state index in [0.29, 0.717) is 53.4 Å². The number of aromatic nitrogens is 5. The molecule has 2 aromatic heterocycles. The van der Waals surface area contributed by atoms with E-state index in [1.54, 1.807) is 6.07 Å². The van der Waals surface area contributed by atoms with Crippen LogP contribution in [0.15, 0.2) is 30.5 Å². The SMILES string of the molecule is Cc1cc(N2C[C@H]3CC[C@@H](C2)[C@@H]3Nc2nc3n(n2)CCCO[C@@H]3c2cc(F)cc(Cl)c2)cnn1. The first kappa shape index (κ1) is 21.7. The van der Waals surface area contributed by atoms with Crippen molar-refractivity contribution in [2.75, 3.05) is 29.9 Å². The third-order valence-corrected chi connectivity index (χ3v) is 7.40. The molecule has 4 heterocycles. The number of aryl methyl sites for hydroxylation is 2. The number of hydrogen-bond donors (Lipinski definition) is 1. The van der Waals surface area contributed by atoms with Gasteiger partial charge in [0.1, 0.15) is 11.9 Å². The predicted octanol–water partition coefficient (Wildman–Crippen LogP) is 4.01. The van der Waals surface area contributed by atoms with Gasteiger partial charge in [-0.05, 0) is 67.9 Å². The van der Waals surface area contributed by atoms with Crippen molar-refractivity contribution in [2.45, 2.75) is 44.9 Å². The van der Waals surface area contributed by atoms with Crippen LogP contribution in [0.4, 0.5) is 16.0 Å². The maximum atomic E-state index is 14.0. The van der Waals surface area contributed by atoms with E-state index in [2.05, 4.69) is 26.5 Å². The maximum absolute atomic E-state index is 14.0. The Balaban J connectivity index is 1.22. The van der Waals surface area contributed by atoms with Gasteiger partial charge in [-0.1, -0.05) is 11.6 Å². The minimum absolute atomic E-state index is 0.321. The van der Waals surface area contributed by atoms with Crippen LogP contribution in [0.3, 0.4) is 0 Å². The molecular weight excluding hydrogens is 457 g/mol. The zero-order valence-corrected chi connectivity index (χ0v) is 19.7. The van der Waals surface area contributed by atoms with E-state index in [1.807, 2.05) is 17.8 Å². The molecule has 34 heavy (non-hydrogen) atoms. The third kappa shape index (κ3) is 4.11. The molecule has 4 atom stereocenters. The van der Waals surface area contributed by atoms with Crippen molar-refractivity contribution in [2.24, 2.45) is 11.8 Å². The lowest BCUT2D eigenvalue weighted by Crippen LogP contribution is -2.48. The molecule has 8 nitrogen and oxygen atoms in total. The lowest BCUT2D eigenvalue weighted by Gasteiger charge is -2.39. The van der Waals surface area contributed by atoms with E-state index in [-0.39, 0.29) is 5.82 Å². The number of nitrogens with zero attached hydrogens (tertiary/aromatic N) is 6. The Bertz CT molecular complexity index is 1170. The summed E-state index contributed by atoms with van der Waals surface area (Å²) in [6, 6.07) is 6.91. The van der Waals surface area contributed by atoms with Crippen LogP contribution >= 0.6 is 11.6 Å². The lowest BCUT2D eigenvalue weighted by atomic mass is 9.92. The molecule has 0 radical (unpaired) electrons. The Hall–Kier alpha value is -2.78. The van der Waals surface area contributed by atoms with Gasteiger partial charge in [0.05, 0.1) is 17.6 Å². The fourth-order valence-electron chi connectivity index (χ4n) is 5.69. The molecule has 0 unspecified atom stereocenters. The molecule has 2 fully saturated rings. The van der Waals surface area contributed by atoms with Crippen molar-refractivity contribution < 1.29 is 9.13 Å². The summed E-state index contributed by atoms with van der Waals surface area (Å²) >= 11 is 6.11. The van der Waals surface area contributed by atoms with E-state index in [0.717, 1.165) is 30.9 Å². The van der Waals surface area contributed by atoms with Crippen LogP contribution in [-0.2, 0) is 11.3 Å². The predicted molar refractivity (Wildman–Crippen MR) is 126 cm³/mol. The molecule has 178 valence electrons. The first-order valence-corrected chi connectivity index (χ1v) is 12.2. The van der Waals surface area contributed by atoms with Gasteiger partial charge in [-0.25, -0.2) is 9.07 Å². The smallest absolute Gasteiger partial charge is 0.242 e. The quantitative estimate of drug-likeness (QED) is 0.600. The van der Waals surface area contributed by atoms with Crippen molar-refractivity contribution in [1.29, 1.82) is 0 Å². The molecule has 0 spiro atoms. The highest BCUT2D eigenvalue weighted by atomic mass is 35.5. The fourth-order valence-corrected chi connectivity index (χ4v) is 5.92. The highest BCUT2D eigenvalue weighted by Gasteiger charge is 2.43. The van der Waals surface area contributed by atoms with Crippen LogP contribution in [0.25, 0.3) is 0 Å². The molecule has 3 aliphatic rings. The Kier molecular flexibility index (Phi) is 5.61. The molecule has 6 rings (SSSR count). The van der Waals surface area contributed by atoms with Crippen molar-refractivity contribution in [3.63, 3.8) is 0 Å². The Morgan fingerprint density at radius 2 is 1.97 bits per heavy atom. The van der Waals surface area contributed by atoms with Gasteiger partial charge in [-0.15, -0.1) is 5.10 Å². The van der Waals surface area contributed by atoms with E-state index >= 15 is 0 Å². The molecule has 1 aliphatic carbocycles. The zero-order valence-electron chi connectivity index (χ0n) is 19.0. The average Bonchev–Trinajstić information content (AvgIpc) is 3.20. The second-order valence-electron chi connectivity index (χ2n) is 9.55. The summed E-state index contributed by atoms with van der Waals surface area (Å²) in [6.07, 6.45) is 4.53. The van der Waals surface area contributed by atoms with Crippen molar-refractivity contribution in [1.82, 2.24) is 25.0 Å². The molecule has 1 saturated carbocycles. The molecular formula is C24H27ClFN7O. The summed E-state index contributed by atoms with van der Waals surface area (Å²) in [5, 5.41) is 17.0. The summed E-state index contributed by atoms with van der Waals surface area (Å²) in [7, 11) is 0. The van der Waals surface area contributed by atoms with Gasteiger partial charge < -0.3 is 15.0 Å². The average molecular weight is 484 g/mol. The maximum Gasteiger partial charge on any atom is 0.242 e. The second-order valence-corrected chi connectivity index (χ2v) is 9.99. The van der Waals surface area contributed by atoms with Crippen molar-refractivity contribution >= 4 is 23.2 Å². The van der Waals surface area contributed by atoms with E-state index < -0.39 is 6.10 Å². The van der Waals surface area contributed by atoms with Crippen LogP contribution < -0.4 is 10.2 Å². The monoisotopic (exact) mass is 483 g/mol. The van der Waals surface area contributed by atoms with E-state index in [9.17, 15) is 4.39 Å². The topological polar surface area (TPSA) is 81.0 Å². The summed E-state index contributed by atoms with van der Waals surface area (Å²) in [5.74, 6) is 1.92. The first-order chi connectivity index (χ1) is 16.5. The zero-order chi connectivity index (χ0) is 23.2. The van der Waals surface area contributed by atoms with E-state index in [4.69, 9.17) is 26.4 Å². The molecule has 0 amide bonds. The summed E-state index contributed by atoms with van der Waals surface area (Å²) < 4.78 is 22.0. The Morgan fingerprint density at radius 1 is 1.15 bits per heavy atom. The molecule has 1 N–H and O–H groups in total. The van der Waals surface area contributed by atoms with Crippen LogP contribution in [0, 0.1) is 24.6 Å². The van der Waals surface area contributed by atoms with Gasteiger partial charge in [0.25, 0.3) is 0 Å². The number of halogens is 2. The standard InChI is InChI=1S/C24H27ClFN7O/c1-14-7-20(11-27-30-14)32-12-15-3-4-16(13-32)21(15)28-24-29-23-22(34-6-2-5-33(23)31-24)17-8-18(25)10-19(26)9-17/h7-11,15-16,21-22H,2-6,12-13H2,1H3,(H,28,31)/t15-,16+,21-,22-/m1/s1. The molecule has 2 aliphatic heterocycles. The third-order valence-electron chi connectivity index (χ3n) is 7.18. The number of hydrogen-bond acceptors (Lipinski definition) is 7. The minimum Gasteiger partial charge on any atom is -0.369 e. The van der Waals surface area contributed by atoms with Crippen LogP contribution in [0.1, 0.15) is 42.4 Å². The van der Waals surface area contributed by atoms with Gasteiger partial charge in [0.15, 0.2) is 5.82 Å². The molecule has 10 heteroatoms. The lowest BCUT2D eigenvalue weighted by molar-refractivity contribution is 0.0810. The number of ether oxygens (including phenoxy) is 1. The van der Waals surface area contributed by atoms with Crippen LogP contribution in [0.2, 0.25) is 5.02 Å². The number of fused-ring (bicyclic) bond motifs is 3. The largest absolute Gasteiger partial charge is 0.369 e. The number of benzene rings is 1. The Morgan fingerprint density at radius 3 is 2.74 bits per heavy atom. The summed E-state index contributed by atoms with van der Waals surface area (Å²) in [5.41, 5.74) is 2.73. The number of rotatable bonds is 4. The molecule has 3 aromatic rings. The highest BCUT2D eigenvalue weighted by molar-refractivity contribution is 6.30. The normalized spacial score (nSPS) is 26.3. The fraction of sp³-hybridized carbons (Fsp3) is 0.500. The number of piperidine rings is 1. The Labute approximate surface area is 202 Å². The minimum atomic E-state index is -0.500. The van der Waals surface area contributed by atoms with Crippen LogP contribution in [0.5, 0.6) is 0 Å². The van der Waals surface area contributed by atoms with Gasteiger partial charge in [0, 0.05) is 37.3 Å².